The summed E-state index contributed by atoms with van der Waals surface area (Å²) in [6, 6.07) is 4.17. The van der Waals surface area contributed by atoms with Crippen LogP contribution in [-0.4, -0.2) is 62.5 Å². The summed E-state index contributed by atoms with van der Waals surface area (Å²) in [7, 11) is 0. The minimum absolute atomic E-state index is 0.0309. The number of aliphatic imine (C=N–C) groups is 1. The molecule has 0 spiro atoms. The maximum absolute atomic E-state index is 13.4. The van der Waals surface area contributed by atoms with E-state index < -0.39 is 18.6 Å². The minimum atomic E-state index is -1.47. The van der Waals surface area contributed by atoms with Crippen LogP contribution in [0.2, 0.25) is 0 Å². The Balaban J connectivity index is 1.62. The maximum Gasteiger partial charge on any atom is 0.251 e. The summed E-state index contributed by atoms with van der Waals surface area (Å²) in [5.74, 6) is -0.647. The minimum Gasteiger partial charge on any atom is -0.393 e. The van der Waals surface area contributed by atoms with Crippen LogP contribution in [-0.2, 0) is 11.2 Å². The van der Waals surface area contributed by atoms with Crippen molar-refractivity contribution in [2.75, 3.05) is 18.9 Å². The fraction of sp³-hybridized carbons (Fsp3) is 0.375. The first kappa shape index (κ1) is 20.2. The third-order valence-corrected chi connectivity index (χ3v) is 5.02. The number of carbonyl (C=O) groups excluding carboxylic acids is 1. The van der Waals surface area contributed by atoms with Gasteiger partial charge in [-0.3, -0.25) is 20.5 Å². The van der Waals surface area contributed by atoms with Crippen molar-refractivity contribution in [3.8, 4) is 0 Å². The third kappa shape index (κ3) is 4.47. The second kappa shape index (κ2) is 9.10. The number of aromatic nitrogens is 2. The molecule has 0 aliphatic heterocycles. The second-order valence-corrected chi connectivity index (χ2v) is 6.99. The molecule has 0 saturated carbocycles. The lowest BCUT2D eigenvalue weighted by Gasteiger charge is -2.27. The molecule has 1 aromatic carbocycles. The standard InChI is InChI=1S/C16H18FN5O5S/c17-9-2-1-8-5-11(10(8)6-9)19-14(20-26)13-16(22-27-21-13)28-4-3-18-15(25)12(24)7-23/h1-2,6,11-12,23-24,26H,3-5,7H2,(H,18,25)(H,19,20)/t11-,12-/m0/s1. The Hall–Kier alpha value is -2.54. The van der Waals surface area contributed by atoms with Gasteiger partial charge in [0.25, 0.3) is 5.91 Å². The predicted octanol–water partition coefficient (Wildman–Crippen LogP) is -0.207. The van der Waals surface area contributed by atoms with E-state index in [1.165, 1.54) is 23.9 Å². The number of amidine groups is 1. The zero-order chi connectivity index (χ0) is 20.1. The first-order valence-corrected chi connectivity index (χ1v) is 9.30. The molecule has 0 fully saturated rings. The summed E-state index contributed by atoms with van der Waals surface area (Å²) in [6.07, 6.45) is -0.866. The van der Waals surface area contributed by atoms with Gasteiger partial charge in [-0.2, -0.15) is 0 Å². The van der Waals surface area contributed by atoms with Crippen LogP contribution in [0.4, 0.5) is 4.39 Å². The van der Waals surface area contributed by atoms with Gasteiger partial charge in [-0.05, 0) is 40.0 Å². The summed E-state index contributed by atoms with van der Waals surface area (Å²) in [6.45, 7) is -0.465. The van der Waals surface area contributed by atoms with Gasteiger partial charge in [-0.25, -0.2) is 9.02 Å². The molecule has 150 valence electrons. The first-order chi connectivity index (χ1) is 13.5. The fourth-order valence-electron chi connectivity index (χ4n) is 2.61. The first-order valence-electron chi connectivity index (χ1n) is 8.32. The number of halogens is 1. The van der Waals surface area contributed by atoms with E-state index in [1.807, 2.05) is 5.48 Å². The number of thioether (sulfide) groups is 1. The van der Waals surface area contributed by atoms with Crippen molar-refractivity contribution in [3.05, 3.63) is 40.8 Å². The van der Waals surface area contributed by atoms with E-state index in [-0.39, 0.29) is 29.9 Å². The van der Waals surface area contributed by atoms with E-state index in [0.717, 1.165) is 11.1 Å². The molecule has 0 saturated heterocycles. The van der Waals surface area contributed by atoms with Crippen molar-refractivity contribution in [2.24, 2.45) is 4.99 Å². The number of hydrogen-bond acceptors (Lipinski definition) is 9. The number of amides is 1. The predicted molar refractivity (Wildman–Crippen MR) is 95.4 cm³/mol. The molecule has 2 aromatic rings. The monoisotopic (exact) mass is 411 g/mol. The summed E-state index contributed by atoms with van der Waals surface area (Å²) >= 11 is 1.18. The molecule has 1 amide bonds. The van der Waals surface area contributed by atoms with Gasteiger partial charge in [0, 0.05) is 12.3 Å². The lowest BCUT2D eigenvalue weighted by molar-refractivity contribution is -0.131. The van der Waals surface area contributed by atoms with Crippen LogP contribution in [0.1, 0.15) is 22.9 Å². The number of fused-ring (bicyclic) bond motifs is 1. The number of rotatable bonds is 8. The molecule has 5 N–H and O–H groups in total. The third-order valence-electron chi connectivity index (χ3n) is 4.07. The van der Waals surface area contributed by atoms with Gasteiger partial charge in [0.2, 0.25) is 0 Å². The van der Waals surface area contributed by atoms with E-state index in [0.29, 0.717) is 17.2 Å². The van der Waals surface area contributed by atoms with Crippen LogP contribution in [0.25, 0.3) is 0 Å². The van der Waals surface area contributed by atoms with Crippen LogP contribution < -0.4 is 10.8 Å². The lowest BCUT2D eigenvalue weighted by Crippen LogP contribution is -2.37. The quantitative estimate of drug-likeness (QED) is 0.131. The van der Waals surface area contributed by atoms with E-state index in [1.54, 1.807) is 6.07 Å². The van der Waals surface area contributed by atoms with Crippen LogP contribution >= 0.6 is 11.8 Å². The van der Waals surface area contributed by atoms with Crippen molar-refractivity contribution >= 4 is 23.5 Å². The van der Waals surface area contributed by atoms with Crippen molar-refractivity contribution in [1.29, 1.82) is 0 Å². The van der Waals surface area contributed by atoms with Crippen LogP contribution in [0.3, 0.4) is 0 Å². The van der Waals surface area contributed by atoms with E-state index in [9.17, 15) is 19.5 Å². The van der Waals surface area contributed by atoms with Crippen molar-refractivity contribution in [1.82, 2.24) is 21.1 Å². The molecule has 1 aliphatic carbocycles. The van der Waals surface area contributed by atoms with Crippen molar-refractivity contribution in [2.45, 2.75) is 23.6 Å². The molecule has 28 heavy (non-hydrogen) atoms. The van der Waals surface area contributed by atoms with Gasteiger partial charge in [-0.15, -0.1) is 0 Å². The highest BCUT2D eigenvalue weighted by Gasteiger charge is 2.28. The molecular weight excluding hydrogens is 393 g/mol. The van der Waals surface area contributed by atoms with Gasteiger partial charge in [0.05, 0.1) is 12.6 Å². The molecule has 0 bridgehead atoms. The highest BCUT2D eigenvalue weighted by Crippen LogP contribution is 2.37. The van der Waals surface area contributed by atoms with Crippen LogP contribution in [0.5, 0.6) is 0 Å². The zero-order valence-corrected chi connectivity index (χ0v) is 15.3. The topological polar surface area (TPSA) is 153 Å². The lowest BCUT2D eigenvalue weighted by atomic mass is 9.83. The van der Waals surface area contributed by atoms with Crippen molar-refractivity contribution in [3.63, 3.8) is 0 Å². The number of hydrogen-bond donors (Lipinski definition) is 5. The van der Waals surface area contributed by atoms with Gasteiger partial charge in [0.1, 0.15) is 5.82 Å². The number of carbonyl (C=O) groups is 1. The van der Waals surface area contributed by atoms with Gasteiger partial charge in [-0.1, -0.05) is 17.8 Å². The molecule has 1 aliphatic rings. The normalized spacial score (nSPS) is 16.9. The van der Waals surface area contributed by atoms with Gasteiger partial charge >= 0.3 is 0 Å². The largest absolute Gasteiger partial charge is 0.393 e. The number of benzene rings is 1. The number of hydroxylamine groups is 1. The molecule has 0 unspecified atom stereocenters. The second-order valence-electron chi connectivity index (χ2n) is 5.91. The molecule has 1 aromatic heterocycles. The average molecular weight is 411 g/mol. The summed E-state index contributed by atoms with van der Waals surface area (Å²) in [5, 5.41) is 37.6. The molecule has 12 heteroatoms. The Morgan fingerprint density at radius 3 is 3.04 bits per heavy atom. The van der Waals surface area contributed by atoms with Gasteiger partial charge < -0.3 is 15.5 Å². The molecule has 0 radical (unpaired) electrons. The number of nitrogens with zero attached hydrogens (tertiary/aromatic N) is 3. The van der Waals surface area contributed by atoms with Crippen LogP contribution in [0, 0.1) is 5.82 Å². The zero-order valence-electron chi connectivity index (χ0n) is 14.5. The maximum atomic E-state index is 13.4. The Morgan fingerprint density at radius 2 is 2.29 bits per heavy atom. The van der Waals surface area contributed by atoms with Crippen molar-refractivity contribution < 1.29 is 29.2 Å². The Bertz CT molecular complexity index is 877. The summed E-state index contributed by atoms with van der Waals surface area (Å²) in [5.41, 5.74) is 3.88. The van der Waals surface area contributed by atoms with E-state index >= 15 is 0 Å². The highest BCUT2D eigenvalue weighted by atomic mass is 32.2. The molecule has 3 rings (SSSR count). The molecule has 2 atom stereocenters. The highest BCUT2D eigenvalue weighted by molar-refractivity contribution is 7.99. The Labute approximate surface area is 162 Å². The molecular formula is C16H18FN5O5S. The summed E-state index contributed by atoms with van der Waals surface area (Å²) < 4.78 is 18.1. The summed E-state index contributed by atoms with van der Waals surface area (Å²) in [4.78, 5) is 15.7. The molecule has 1 heterocycles. The average Bonchev–Trinajstić information content (AvgIpc) is 3.15. The van der Waals surface area contributed by atoms with Gasteiger partial charge in [0.15, 0.2) is 22.7 Å². The Kier molecular flexibility index (Phi) is 6.57. The number of nitrogens with one attached hydrogen (secondary N) is 2. The van der Waals surface area contributed by atoms with Crippen LogP contribution in [0.15, 0.2) is 32.8 Å². The van der Waals surface area contributed by atoms with E-state index in [2.05, 4.69) is 20.6 Å². The SMILES string of the molecule is O=C(NCCSc1nonc1C(=N[C@H]1Cc2ccc(F)cc21)NO)[C@@H](O)CO. The number of aliphatic hydroxyl groups excluding tert-OH is 2. The number of aliphatic hydroxyl groups is 2. The molecule has 10 nitrogen and oxygen atoms in total. The van der Waals surface area contributed by atoms with E-state index in [4.69, 9.17) is 9.74 Å². The fourth-order valence-corrected chi connectivity index (χ4v) is 3.36. The Morgan fingerprint density at radius 1 is 1.46 bits per heavy atom. The smallest absolute Gasteiger partial charge is 0.251 e.